The van der Waals surface area contributed by atoms with Crippen molar-refractivity contribution in [1.82, 2.24) is 24.5 Å². The lowest BCUT2D eigenvalue weighted by atomic mass is 9.92. The molecule has 3 aromatic rings. The van der Waals surface area contributed by atoms with Gasteiger partial charge >= 0.3 is 0 Å². The van der Waals surface area contributed by atoms with Crippen molar-refractivity contribution in [3.05, 3.63) is 58.7 Å². The number of likely N-dealkylation sites (tertiary alicyclic amines) is 1. The number of carbonyl (C=O) groups is 1. The maximum atomic E-state index is 15.2. The van der Waals surface area contributed by atoms with Crippen LogP contribution in [0.3, 0.4) is 0 Å². The first-order chi connectivity index (χ1) is 13.6. The second-order valence-electron chi connectivity index (χ2n) is 7.50. The average Bonchev–Trinajstić information content (AvgIpc) is 3.11. The van der Waals surface area contributed by atoms with Crippen molar-refractivity contribution in [2.75, 3.05) is 13.1 Å². The predicted molar refractivity (Wildman–Crippen MR) is 103 cm³/mol. The lowest BCUT2D eigenvalue weighted by molar-refractivity contribution is 0.0542. The van der Waals surface area contributed by atoms with Crippen LogP contribution in [0, 0.1) is 25.5 Å². The van der Waals surface area contributed by atoms with E-state index in [1.54, 1.807) is 13.0 Å². The third-order valence-corrected chi connectivity index (χ3v) is 5.47. The number of piperidine rings is 1. The Morgan fingerprint density at radius 2 is 2.03 bits per heavy atom. The second-order valence-corrected chi connectivity index (χ2v) is 8.54. The quantitative estimate of drug-likeness (QED) is 0.597. The van der Waals surface area contributed by atoms with Crippen molar-refractivity contribution in [1.29, 1.82) is 0 Å². The van der Waals surface area contributed by atoms with Gasteiger partial charge in [0.2, 0.25) is 0 Å². The molecule has 6 nitrogen and oxygen atoms in total. The van der Waals surface area contributed by atoms with Gasteiger partial charge in [0, 0.05) is 23.7 Å². The fraction of sp³-hybridized carbons (Fsp3) is 0.368. The highest BCUT2D eigenvalue weighted by molar-refractivity contribution is 7.18. The molecule has 4 rings (SSSR count). The molecule has 0 aliphatic carbocycles. The minimum Gasteiger partial charge on any atom is -0.334 e. The molecule has 1 fully saturated rings. The molecule has 1 amide bonds. The normalized spacial score (nSPS) is 22.3. The van der Waals surface area contributed by atoms with Crippen LogP contribution in [0.25, 0.3) is 5.78 Å². The summed E-state index contributed by atoms with van der Waals surface area (Å²) in [7, 11) is 2.16. The molecule has 2 aromatic heterocycles. The van der Waals surface area contributed by atoms with Crippen molar-refractivity contribution < 1.29 is 18.0 Å². The number of benzene rings is 1. The number of hydrogen-bond acceptors (Lipinski definition) is 4. The molecule has 2 unspecified atom stereocenters. The lowest BCUT2D eigenvalue weighted by Crippen LogP contribution is -2.48. The van der Waals surface area contributed by atoms with Gasteiger partial charge in [-0.25, -0.2) is 22.7 Å². The second kappa shape index (κ2) is 7.06. The minimum atomic E-state index is -1.74. The third kappa shape index (κ3) is 3.71. The fourth-order valence-electron chi connectivity index (χ4n) is 3.82. The maximum absolute atomic E-state index is 15.2. The number of aromatic nitrogens is 4. The third-order valence-electron chi connectivity index (χ3n) is 5.05. The van der Waals surface area contributed by atoms with E-state index in [-0.39, 0.29) is 36.6 Å². The number of aryl methyl sites for hydroxylation is 2. The van der Waals surface area contributed by atoms with Gasteiger partial charge in [0.05, 0.1) is 12.2 Å². The van der Waals surface area contributed by atoms with E-state index in [2.05, 4.69) is 24.3 Å². The molecule has 0 N–H and O–H groups in total. The van der Waals surface area contributed by atoms with Crippen LogP contribution in [-0.2, 0) is 0 Å². The average molecular weight is 421 g/mol. The van der Waals surface area contributed by atoms with Gasteiger partial charge < -0.3 is 4.90 Å². The summed E-state index contributed by atoms with van der Waals surface area (Å²) in [6, 6.07) is 3.92. The molecule has 152 valence electrons. The zero-order valence-corrected chi connectivity index (χ0v) is 17.0. The Morgan fingerprint density at radius 1 is 1.28 bits per heavy atom. The van der Waals surface area contributed by atoms with Crippen LogP contribution >= 0.6 is 9.24 Å². The topological polar surface area (TPSA) is 63.4 Å². The van der Waals surface area contributed by atoms with Crippen LogP contribution in [0.5, 0.6) is 0 Å². The Morgan fingerprint density at radius 3 is 2.76 bits per heavy atom. The van der Waals surface area contributed by atoms with Crippen LogP contribution in [0.15, 0.2) is 24.5 Å². The number of alkyl halides is 1. The van der Waals surface area contributed by atoms with Gasteiger partial charge in [-0.3, -0.25) is 4.79 Å². The number of fused-ring (bicyclic) bond motifs is 1. The highest BCUT2D eigenvalue weighted by atomic mass is 31.0. The molecule has 1 aliphatic heterocycles. The van der Waals surface area contributed by atoms with Crippen LogP contribution in [0.4, 0.5) is 13.2 Å². The summed E-state index contributed by atoms with van der Waals surface area (Å²) in [6.45, 7) is 3.22. The van der Waals surface area contributed by atoms with E-state index >= 15 is 4.39 Å². The summed E-state index contributed by atoms with van der Waals surface area (Å²) in [5.41, 5.74) is 1.40. The van der Waals surface area contributed by atoms with Gasteiger partial charge in [-0.1, -0.05) is 9.24 Å². The SMILES string of the molecule is Cc1cc([C@@H]2CN(C(=O)c3cc(C)c(F)c(F)c3)CC(F)(P)C2)n2ncnc2n1. The first-order valence-corrected chi connectivity index (χ1v) is 9.62. The molecule has 3 heterocycles. The van der Waals surface area contributed by atoms with Gasteiger partial charge in [0.25, 0.3) is 11.7 Å². The molecule has 10 heteroatoms. The van der Waals surface area contributed by atoms with Crippen LogP contribution in [0.1, 0.15) is 39.6 Å². The summed E-state index contributed by atoms with van der Waals surface area (Å²) in [5.74, 6) is -2.64. The molecular formula is C19H19F3N5OP. The zero-order chi connectivity index (χ0) is 20.9. The number of nitrogens with zero attached hydrogens (tertiary/aromatic N) is 5. The Bertz CT molecular complexity index is 1090. The monoisotopic (exact) mass is 421 g/mol. The number of rotatable bonds is 2. The highest BCUT2D eigenvalue weighted by Crippen LogP contribution is 2.39. The van der Waals surface area contributed by atoms with E-state index in [1.165, 1.54) is 28.7 Å². The van der Waals surface area contributed by atoms with Gasteiger partial charge in [-0.15, -0.1) is 0 Å². The van der Waals surface area contributed by atoms with Crippen LogP contribution < -0.4 is 0 Å². The Kier molecular flexibility index (Phi) is 4.81. The minimum absolute atomic E-state index is 0.0142. The van der Waals surface area contributed by atoms with E-state index in [0.29, 0.717) is 17.2 Å². The summed E-state index contributed by atoms with van der Waals surface area (Å²) in [4.78, 5) is 22.7. The van der Waals surface area contributed by atoms with Crippen molar-refractivity contribution in [3.8, 4) is 0 Å². The summed E-state index contributed by atoms with van der Waals surface area (Å²) >= 11 is 0. The molecule has 1 saturated heterocycles. The molecule has 0 saturated carbocycles. The Balaban J connectivity index is 1.71. The van der Waals surface area contributed by atoms with E-state index in [9.17, 15) is 13.6 Å². The van der Waals surface area contributed by atoms with Gasteiger partial charge in [-0.2, -0.15) is 10.1 Å². The van der Waals surface area contributed by atoms with Gasteiger partial charge in [0.1, 0.15) is 11.7 Å². The van der Waals surface area contributed by atoms with E-state index < -0.39 is 23.0 Å². The number of carbonyl (C=O) groups excluding carboxylic acids is 1. The molecule has 0 bridgehead atoms. The Hall–Kier alpha value is -2.54. The van der Waals surface area contributed by atoms with Crippen LogP contribution in [-0.4, -0.2) is 48.9 Å². The largest absolute Gasteiger partial charge is 0.334 e. The molecule has 29 heavy (non-hydrogen) atoms. The van der Waals surface area contributed by atoms with Crippen molar-refractivity contribution in [3.63, 3.8) is 0 Å². The van der Waals surface area contributed by atoms with Crippen molar-refractivity contribution in [2.45, 2.75) is 31.6 Å². The molecule has 3 atom stereocenters. The number of halogens is 3. The van der Waals surface area contributed by atoms with Crippen molar-refractivity contribution >= 4 is 20.9 Å². The van der Waals surface area contributed by atoms with E-state index in [1.807, 2.05) is 0 Å². The number of amides is 1. The maximum Gasteiger partial charge on any atom is 0.254 e. The molecule has 1 aliphatic rings. The summed E-state index contributed by atoms with van der Waals surface area (Å²) in [6.07, 6.45) is 1.52. The molecule has 0 radical (unpaired) electrons. The van der Waals surface area contributed by atoms with Gasteiger partial charge in [-0.05, 0) is 44.0 Å². The summed E-state index contributed by atoms with van der Waals surface area (Å²) < 4.78 is 44.1. The summed E-state index contributed by atoms with van der Waals surface area (Å²) in [5, 5.41) is 2.42. The van der Waals surface area contributed by atoms with Crippen molar-refractivity contribution in [2.24, 2.45) is 0 Å². The zero-order valence-electron chi connectivity index (χ0n) is 15.9. The van der Waals surface area contributed by atoms with E-state index in [4.69, 9.17) is 0 Å². The van der Waals surface area contributed by atoms with E-state index in [0.717, 1.165) is 6.07 Å². The van der Waals surface area contributed by atoms with Crippen LogP contribution in [0.2, 0.25) is 0 Å². The highest BCUT2D eigenvalue weighted by Gasteiger charge is 2.40. The van der Waals surface area contributed by atoms with Gasteiger partial charge in [0.15, 0.2) is 11.6 Å². The number of hydrogen-bond donors (Lipinski definition) is 0. The smallest absolute Gasteiger partial charge is 0.254 e. The standard InChI is InChI=1S/C19H19F3N5OP/c1-10-3-12(5-14(20)16(10)21)17(28)26-7-13(6-19(22,29)8-26)15-4-11(2)25-18-23-9-24-27(15)18/h3-5,9,13H,6-8,29H2,1-2H3/t13-,19?/m0/s1. The first-order valence-electron chi connectivity index (χ1n) is 9.04. The molecule has 1 aromatic carbocycles. The fourth-order valence-corrected chi connectivity index (χ4v) is 4.33. The predicted octanol–water partition coefficient (Wildman–Crippen LogP) is 3.19. The Labute approximate surface area is 167 Å². The molecular weight excluding hydrogens is 402 g/mol. The molecule has 0 spiro atoms. The first kappa shape index (κ1) is 19.8. The lowest BCUT2D eigenvalue weighted by Gasteiger charge is -2.40.